The van der Waals surface area contributed by atoms with Crippen molar-refractivity contribution in [2.45, 2.75) is 38.1 Å². The number of alkyl carbamates (subject to hydrolysis) is 1. The Morgan fingerprint density at radius 2 is 1.61 bits per heavy atom. The third kappa shape index (κ3) is 7.78. The van der Waals surface area contributed by atoms with Gasteiger partial charge < -0.3 is 34.6 Å². The lowest BCUT2D eigenvalue weighted by atomic mass is 10.0. The molecule has 13 nitrogen and oxygen atoms in total. The monoisotopic (exact) mass is 608 g/mol. The molecule has 4 rings (SSSR count). The van der Waals surface area contributed by atoms with Crippen molar-refractivity contribution in [2.24, 2.45) is 0 Å². The van der Waals surface area contributed by atoms with E-state index >= 15 is 0 Å². The number of benzene rings is 2. The summed E-state index contributed by atoms with van der Waals surface area (Å²) in [5.41, 5.74) is 1.76. The molecule has 13 heteroatoms. The quantitative estimate of drug-likeness (QED) is 0.277. The number of carbonyl (C=O) groups is 4. The molecule has 2 aromatic rings. The second-order valence-electron chi connectivity index (χ2n) is 10.5. The molecule has 5 amide bonds. The molecule has 0 saturated carbocycles. The molecule has 2 saturated heterocycles. The highest BCUT2D eigenvalue weighted by Gasteiger charge is 2.50. The zero-order valence-corrected chi connectivity index (χ0v) is 25.4. The second-order valence-corrected chi connectivity index (χ2v) is 10.5. The maximum absolute atomic E-state index is 13.9. The largest absolute Gasteiger partial charge is 0.497 e. The van der Waals surface area contributed by atoms with Crippen LogP contribution in [0.25, 0.3) is 0 Å². The van der Waals surface area contributed by atoms with Gasteiger partial charge in [-0.2, -0.15) is 0 Å². The zero-order valence-electron chi connectivity index (χ0n) is 25.4. The average Bonchev–Trinajstić information content (AvgIpc) is 3.03. The molecule has 2 aliphatic rings. The first-order valence-electron chi connectivity index (χ1n) is 14.4. The number of ether oxygens (including phenoxy) is 3. The van der Waals surface area contributed by atoms with Gasteiger partial charge in [-0.25, -0.2) is 19.6 Å². The first kappa shape index (κ1) is 32.1. The minimum atomic E-state index is -0.823. The Kier molecular flexibility index (Phi) is 11.0. The van der Waals surface area contributed by atoms with Crippen LogP contribution in [0.1, 0.15) is 24.0 Å². The fraction of sp³-hybridized carbons (Fsp3) is 0.419. The van der Waals surface area contributed by atoms with Crippen LogP contribution in [0.3, 0.4) is 0 Å². The number of hydrogen-bond acceptors (Lipinski definition) is 8. The lowest BCUT2D eigenvalue weighted by molar-refractivity contribution is -0.188. The summed E-state index contributed by atoms with van der Waals surface area (Å²) in [6.07, 6.45) is 0.840. The molecule has 0 aliphatic carbocycles. The van der Waals surface area contributed by atoms with Crippen molar-refractivity contribution in [3.05, 3.63) is 72.3 Å². The van der Waals surface area contributed by atoms with E-state index < -0.39 is 24.3 Å². The van der Waals surface area contributed by atoms with Gasteiger partial charge in [-0.05, 0) is 48.2 Å². The molecule has 0 bridgehead atoms. The van der Waals surface area contributed by atoms with Crippen LogP contribution in [0.15, 0.2) is 61.2 Å². The van der Waals surface area contributed by atoms with Crippen LogP contribution in [-0.4, -0.2) is 103 Å². The number of piperazine rings is 1. The maximum atomic E-state index is 13.9. The van der Waals surface area contributed by atoms with Crippen LogP contribution in [0, 0.1) is 0 Å². The molecule has 2 atom stereocenters. The van der Waals surface area contributed by atoms with Gasteiger partial charge in [-0.1, -0.05) is 36.9 Å². The van der Waals surface area contributed by atoms with E-state index in [4.69, 9.17) is 14.2 Å². The molecule has 0 radical (unpaired) electrons. The fourth-order valence-corrected chi connectivity index (χ4v) is 5.35. The highest BCUT2D eigenvalue weighted by molar-refractivity contribution is 5.91. The van der Waals surface area contributed by atoms with Crippen LogP contribution < -0.4 is 20.1 Å². The fourth-order valence-electron chi connectivity index (χ4n) is 5.35. The van der Waals surface area contributed by atoms with Crippen molar-refractivity contribution in [2.75, 3.05) is 47.5 Å². The molecule has 44 heavy (non-hydrogen) atoms. The summed E-state index contributed by atoms with van der Waals surface area (Å²) in [5, 5.41) is 8.70. The van der Waals surface area contributed by atoms with Crippen LogP contribution in [-0.2, 0) is 27.4 Å². The molecule has 2 heterocycles. The van der Waals surface area contributed by atoms with Crippen LogP contribution in [0.4, 0.5) is 9.59 Å². The molecule has 2 N–H and O–H groups in total. The van der Waals surface area contributed by atoms with Gasteiger partial charge in [0.05, 0.1) is 27.3 Å². The van der Waals surface area contributed by atoms with E-state index in [9.17, 15) is 19.2 Å². The summed E-state index contributed by atoms with van der Waals surface area (Å²) >= 11 is 0. The Hall–Kier alpha value is -4.78. The van der Waals surface area contributed by atoms with Crippen molar-refractivity contribution >= 4 is 23.9 Å². The van der Waals surface area contributed by atoms with Crippen molar-refractivity contribution in [3.8, 4) is 11.5 Å². The van der Waals surface area contributed by atoms with Gasteiger partial charge in [0.2, 0.25) is 11.8 Å². The smallest absolute Gasteiger partial charge is 0.407 e. The number of fused-ring (bicyclic) bond motifs is 1. The summed E-state index contributed by atoms with van der Waals surface area (Å²) in [4.78, 5) is 56.0. The highest BCUT2D eigenvalue weighted by Crippen LogP contribution is 2.29. The van der Waals surface area contributed by atoms with Gasteiger partial charge in [-0.15, -0.1) is 0 Å². The number of amides is 5. The third-order valence-electron chi connectivity index (χ3n) is 7.54. The Morgan fingerprint density at radius 3 is 2.23 bits per heavy atom. The van der Waals surface area contributed by atoms with E-state index in [1.165, 1.54) is 16.0 Å². The minimum absolute atomic E-state index is 0.0686. The van der Waals surface area contributed by atoms with Crippen LogP contribution in [0.5, 0.6) is 11.5 Å². The molecule has 2 unspecified atom stereocenters. The summed E-state index contributed by atoms with van der Waals surface area (Å²) in [7, 11) is 4.85. The number of nitrogens with zero attached hydrogens (tertiary/aromatic N) is 4. The van der Waals surface area contributed by atoms with Crippen LogP contribution >= 0.6 is 0 Å². The standard InChI is InChI=1S/C31H40N6O7/c1-5-17-44-31(41)32-16-6-7-26-29(39)35(19-23-10-14-25(43-4)15-11-23)20-27-36(26)28(38)21-34(2)37(27)30(40)33-18-22-8-12-24(42-3)13-9-22/h5,8-15,26-27H,1,6-7,16-21H2,2-4H3,(H,32,41)(H,33,40). The lowest BCUT2D eigenvalue weighted by Gasteiger charge is -2.54. The molecule has 2 aromatic carbocycles. The van der Waals surface area contributed by atoms with Gasteiger partial charge in [0.25, 0.3) is 0 Å². The van der Waals surface area contributed by atoms with Crippen molar-refractivity contribution < 1.29 is 33.4 Å². The summed E-state index contributed by atoms with van der Waals surface area (Å²) in [6, 6.07) is 13.5. The molecule has 0 aromatic heterocycles. The maximum Gasteiger partial charge on any atom is 0.407 e. The topological polar surface area (TPSA) is 133 Å². The SMILES string of the molecule is C=CCOC(=O)NCCCC1C(=O)N(Cc2ccc(OC)cc2)CC2N1C(=O)CN(C)N2C(=O)NCc1ccc(OC)cc1. The second kappa shape index (κ2) is 15.1. The molecular formula is C31H40N6O7. The van der Waals surface area contributed by atoms with Crippen LogP contribution in [0.2, 0.25) is 0 Å². The van der Waals surface area contributed by atoms with Crippen molar-refractivity contribution in [3.63, 3.8) is 0 Å². The summed E-state index contributed by atoms with van der Waals surface area (Å²) in [5.74, 6) is 0.935. The predicted octanol–water partition coefficient (Wildman–Crippen LogP) is 2.33. The van der Waals surface area contributed by atoms with E-state index in [1.54, 1.807) is 31.2 Å². The third-order valence-corrected chi connectivity index (χ3v) is 7.54. The van der Waals surface area contributed by atoms with Gasteiger partial charge in [0.1, 0.15) is 30.3 Å². The molecular weight excluding hydrogens is 568 g/mol. The number of carbonyl (C=O) groups excluding carboxylic acids is 4. The summed E-state index contributed by atoms with van der Waals surface area (Å²) < 4.78 is 15.4. The van der Waals surface area contributed by atoms with Gasteiger partial charge in [-0.3, -0.25) is 9.59 Å². The number of urea groups is 1. The molecule has 2 fully saturated rings. The van der Waals surface area contributed by atoms with Gasteiger partial charge in [0.15, 0.2) is 0 Å². The number of hydrogen-bond donors (Lipinski definition) is 2. The van der Waals surface area contributed by atoms with Gasteiger partial charge in [0, 0.05) is 26.7 Å². The predicted molar refractivity (Wildman–Crippen MR) is 161 cm³/mol. The number of rotatable bonds is 12. The molecule has 236 valence electrons. The van der Waals surface area contributed by atoms with Crippen molar-refractivity contribution in [1.82, 2.24) is 30.5 Å². The molecule has 0 spiro atoms. The number of hydrazine groups is 1. The summed E-state index contributed by atoms with van der Waals surface area (Å²) in [6.45, 7) is 4.45. The van der Waals surface area contributed by atoms with Crippen molar-refractivity contribution in [1.29, 1.82) is 0 Å². The van der Waals surface area contributed by atoms with Gasteiger partial charge >= 0.3 is 12.1 Å². The first-order chi connectivity index (χ1) is 21.2. The lowest BCUT2D eigenvalue weighted by Crippen LogP contribution is -2.75. The average molecular weight is 609 g/mol. The molecule has 2 aliphatic heterocycles. The Morgan fingerprint density at radius 1 is 0.977 bits per heavy atom. The Bertz CT molecular complexity index is 1320. The van der Waals surface area contributed by atoms with E-state index in [1.807, 2.05) is 48.5 Å². The first-order valence-corrected chi connectivity index (χ1v) is 14.4. The highest BCUT2D eigenvalue weighted by atomic mass is 16.5. The van der Waals surface area contributed by atoms with E-state index in [0.29, 0.717) is 17.9 Å². The zero-order chi connectivity index (χ0) is 31.6. The number of methoxy groups -OCH3 is 2. The number of nitrogens with one attached hydrogen (secondary N) is 2. The Labute approximate surface area is 257 Å². The van der Waals surface area contributed by atoms with E-state index in [0.717, 1.165) is 11.1 Å². The minimum Gasteiger partial charge on any atom is -0.497 e. The normalized spacial score (nSPS) is 18.4. The number of likely N-dealkylation sites (N-methyl/N-ethyl adjacent to an activating group) is 1. The van der Waals surface area contributed by atoms with E-state index in [-0.39, 0.29) is 57.6 Å². The van der Waals surface area contributed by atoms with E-state index in [2.05, 4.69) is 17.2 Å². The Balaban J connectivity index is 1.53.